The van der Waals surface area contributed by atoms with Crippen LogP contribution in [0.2, 0.25) is 0 Å². The van der Waals surface area contributed by atoms with E-state index >= 15 is 0 Å². The van der Waals surface area contributed by atoms with Crippen molar-refractivity contribution in [1.29, 1.82) is 0 Å². The summed E-state index contributed by atoms with van der Waals surface area (Å²) in [5.74, 6) is 0.370. The zero-order chi connectivity index (χ0) is 14.6. The lowest BCUT2D eigenvalue weighted by Gasteiger charge is -2.06. The van der Waals surface area contributed by atoms with E-state index in [9.17, 15) is 10.1 Å². The van der Waals surface area contributed by atoms with Crippen LogP contribution in [0.3, 0.4) is 0 Å². The van der Waals surface area contributed by atoms with E-state index in [0.29, 0.717) is 12.4 Å². The molecule has 4 nitrogen and oxygen atoms in total. The van der Waals surface area contributed by atoms with Gasteiger partial charge in [0.05, 0.1) is 11.5 Å². The minimum Gasteiger partial charge on any atom is -0.487 e. The first-order valence-corrected chi connectivity index (χ1v) is 8.30. The van der Waals surface area contributed by atoms with Crippen LogP contribution in [0.15, 0.2) is 24.3 Å². The number of unbranched alkanes of at least 4 members (excludes halogenated alkanes) is 6. The largest absolute Gasteiger partial charge is 0.487 e. The van der Waals surface area contributed by atoms with Crippen LogP contribution in [0.5, 0.6) is 5.75 Å². The molecule has 0 amide bonds. The first-order valence-electron chi connectivity index (χ1n) is 7.18. The van der Waals surface area contributed by atoms with Gasteiger partial charge in [-0.2, -0.15) is 0 Å². The Hall–Kier alpha value is -1.10. The Bertz CT molecular complexity index is 398. The zero-order valence-corrected chi connectivity index (χ0v) is 13.3. The van der Waals surface area contributed by atoms with Crippen LogP contribution in [0.4, 0.5) is 5.69 Å². The van der Waals surface area contributed by atoms with E-state index in [1.807, 2.05) is 0 Å². The summed E-state index contributed by atoms with van der Waals surface area (Å²) in [7, 11) is 0. The fourth-order valence-corrected chi connectivity index (χ4v) is 2.39. The van der Waals surface area contributed by atoms with Crippen LogP contribution in [0, 0.1) is 10.1 Å². The highest BCUT2D eigenvalue weighted by atomic mass is 79.9. The number of ether oxygens (including phenoxy) is 1. The summed E-state index contributed by atoms with van der Waals surface area (Å²) in [5.41, 5.74) is 0.0438. The van der Waals surface area contributed by atoms with Crippen molar-refractivity contribution >= 4 is 21.6 Å². The summed E-state index contributed by atoms with van der Waals surface area (Å²) in [4.78, 5) is 10.4. The van der Waals surface area contributed by atoms with E-state index < -0.39 is 4.92 Å². The molecule has 20 heavy (non-hydrogen) atoms. The number of nitrogens with zero attached hydrogens (tertiary/aromatic N) is 1. The summed E-state index contributed by atoms with van der Waals surface area (Å²) in [5, 5.41) is 11.9. The van der Waals surface area contributed by atoms with Gasteiger partial charge in [-0.15, -0.1) is 0 Å². The SMILES string of the molecule is O=[N+]([O-])c1ccccc1OCCCCCCCCCBr. The van der Waals surface area contributed by atoms with Gasteiger partial charge in [0, 0.05) is 11.4 Å². The molecule has 0 spiro atoms. The normalized spacial score (nSPS) is 10.4. The minimum absolute atomic E-state index is 0.0438. The van der Waals surface area contributed by atoms with E-state index in [1.165, 1.54) is 38.2 Å². The average Bonchev–Trinajstić information content (AvgIpc) is 2.46. The van der Waals surface area contributed by atoms with Crippen molar-refractivity contribution in [3.63, 3.8) is 0 Å². The van der Waals surface area contributed by atoms with Crippen LogP contribution in [0.1, 0.15) is 44.9 Å². The van der Waals surface area contributed by atoms with Crippen molar-refractivity contribution in [3.8, 4) is 5.75 Å². The van der Waals surface area contributed by atoms with Crippen LogP contribution >= 0.6 is 15.9 Å². The summed E-state index contributed by atoms with van der Waals surface area (Å²) in [6, 6.07) is 6.53. The smallest absolute Gasteiger partial charge is 0.310 e. The molecule has 0 radical (unpaired) electrons. The van der Waals surface area contributed by atoms with Gasteiger partial charge in [-0.3, -0.25) is 10.1 Å². The molecule has 0 heterocycles. The van der Waals surface area contributed by atoms with E-state index in [2.05, 4.69) is 15.9 Å². The van der Waals surface area contributed by atoms with E-state index in [-0.39, 0.29) is 5.69 Å². The molecule has 5 heteroatoms. The number of benzene rings is 1. The number of para-hydroxylation sites is 2. The van der Waals surface area contributed by atoms with Gasteiger partial charge in [0.25, 0.3) is 0 Å². The number of hydrogen-bond acceptors (Lipinski definition) is 3. The fourth-order valence-electron chi connectivity index (χ4n) is 1.99. The van der Waals surface area contributed by atoms with Gasteiger partial charge in [0.2, 0.25) is 0 Å². The second kappa shape index (κ2) is 10.7. The third-order valence-electron chi connectivity index (χ3n) is 3.10. The summed E-state index contributed by atoms with van der Waals surface area (Å²) < 4.78 is 5.50. The van der Waals surface area contributed by atoms with Crippen LogP contribution in [-0.4, -0.2) is 16.9 Å². The van der Waals surface area contributed by atoms with E-state index in [1.54, 1.807) is 18.2 Å². The molecule has 0 atom stereocenters. The summed E-state index contributed by atoms with van der Waals surface area (Å²) >= 11 is 3.43. The maximum atomic E-state index is 10.8. The quantitative estimate of drug-likeness (QED) is 0.243. The predicted molar refractivity (Wildman–Crippen MR) is 84.7 cm³/mol. The standard InChI is InChI=1S/C15H22BrNO3/c16-12-8-4-2-1-3-5-9-13-20-15-11-7-6-10-14(15)17(18)19/h6-7,10-11H,1-5,8-9,12-13H2. The predicted octanol–water partition coefficient (Wildman–Crippen LogP) is 5.10. The molecule has 0 unspecified atom stereocenters. The molecule has 0 aliphatic carbocycles. The Labute approximate surface area is 128 Å². The number of rotatable bonds is 11. The number of hydrogen-bond donors (Lipinski definition) is 0. The molecule has 0 saturated heterocycles. The second-order valence-corrected chi connectivity index (χ2v) is 5.53. The molecule has 0 aliphatic heterocycles. The number of alkyl halides is 1. The lowest BCUT2D eigenvalue weighted by atomic mass is 10.1. The fraction of sp³-hybridized carbons (Fsp3) is 0.600. The number of halogens is 1. The molecule has 0 fully saturated rings. The lowest BCUT2D eigenvalue weighted by molar-refractivity contribution is -0.385. The molecule has 1 aromatic rings. The average molecular weight is 344 g/mol. The molecule has 1 aromatic carbocycles. The van der Waals surface area contributed by atoms with Gasteiger partial charge >= 0.3 is 5.69 Å². The van der Waals surface area contributed by atoms with Gasteiger partial charge in [-0.1, -0.05) is 60.2 Å². The Kier molecular flexibility index (Phi) is 9.04. The van der Waals surface area contributed by atoms with Crippen molar-refractivity contribution in [2.75, 3.05) is 11.9 Å². The molecule has 1 rings (SSSR count). The Balaban J connectivity index is 2.11. The van der Waals surface area contributed by atoms with Gasteiger partial charge in [-0.05, 0) is 18.9 Å². The van der Waals surface area contributed by atoms with Gasteiger partial charge in [0.1, 0.15) is 0 Å². The highest BCUT2D eigenvalue weighted by Gasteiger charge is 2.12. The van der Waals surface area contributed by atoms with Crippen molar-refractivity contribution < 1.29 is 9.66 Å². The molecular weight excluding hydrogens is 322 g/mol. The van der Waals surface area contributed by atoms with Crippen LogP contribution < -0.4 is 4.74 Å². The highest BCUT2D eigenvalue weighted by molar-refractivity contribution is 9.09. The molecule has 0 saturated carbocycles. The lowest BCUT2D eigenvalue weighted by Crippen LogP contribution is -2.00. The Morgan fingerprint density at radius 3 is 2.25 bits per heavy atom. The first kappa shape index (κ1) is 17.0. The summed E-state index contributed by atoms with van der Waals surface area (Å²) in [6.45, 7) is 0.548. The van der Waals surface area contributed by atoms with Gasteiger partial charge in [-0.25, -0.2) is 0 Å². The van der Waals surface area contributed by atoms with Crippen molar-refractivity contribution in [2.24, 2.45) is 0 Å². The molecular formula is C15H22BrNO3. The highest BCUT2D eigenvalue weighted by Crippen LogP contribution is 2.25. The maximum absolute atomic E-state index is 10.8. The summed E-state index contributed by atoms with van der Waals surface area (Å²) in [6.07, 6.45) is 8.37. The zero-order valence-electron chi connectivity index (χ0n) is 11.7. The maximum Gasteiger partial charge on any atom is 0.310 e. The van der Waals surface area contributed by atoms with Crippen molar-refractivity contribution in [2.45, 2.75) is 44.9 Å². The van der Waals surface area contributed by atoms with Crippen molar-refractivity contribution in [1.82, 2.24) is 0 Å². The third-order valence-corrected chi connectivity index (χ3v) is 3.66. The second-order valence-electron chi connectivity index (χ2n) is 4.74. The molecule has 0 aromatic heterocycles. The van der Waals surface area contributed by atoms with E-state index in [4.69, 9.17) is 4.74 Å². The van der Waals surface area contributed by atoms with Crippen molar-refractivity contribution in [3.05, 3.63) is 34.4 Å². The molecule has 112 valence electrons. The van der Waals surface area contributed by atoms with Crippen LogP contribution in [0.25, 0.3) is 0 Å². The van der Waals surface area contributed by atoms with Gasteiger partial charge < -0.3 is 4.74 Å². The topological polar surface area (TPSA) is 52.4 Å². The molecule has 0 N–H and O–H groups in total. The Morgan fingerprint density at radius 1 is 1.00 bits per heavy atom. The first-order chi connectivity index (χ1) is 9.75. The number of nitro groups is 1. The number of nitro benzene ring substituents is 1. The third kappa shape index (κ3) is 6.89. The van der Waals surface area contributed by atoms with E-state index in [0.717, 1.165) is 18.2 Å². The van der Waals surface area contributed by atoms with Gasteiger partial charge in [0.15, 0.2) is 5.75 Å². The minimum atomic E-state index is -0.404. The Morgan fingerprint density at radius 2 is 1.60 bits per heavy atom. The molecule has 0 aliphatic rings. The van der Waals surface area contributed by atoms with Crippen LogP contribution in [-0.2, 0) is 0 Å². The monoisotopic (exact) mass is 343 g/mol. The molecule has 0 bridgehead atoms.